The fourth-order valence-corrected chi connectivity index (χ4v) is 2.42. The minimum Gasteiger partial charge on any atom is -0.394 e. The van der Waals surface area contributed by atoms with Crippen LogP contribution in [0, 0.1) is 0 Å². The summed E-state index contributed by atoms with van der Waals surface area (Å²) in [5.74, 6) is -0.789. The third-order valence-electron chi connectivity index (χ3n) is 3.74. The lowest BCUT2D eigenvalue weighted by Gasteiger charge is -2.16. The summed E-state index contributed by atoms with van der Waals surface area (Å²) in [5.41, 5.74) is 0.839. The first-order chi connectivity index (χ1) is 10.6. The number of nitrogens with one attached hydrogen (secondary N) is 1. The van der Waals surface area contributed by atoms with Crippen molar-refractivity contribution in [3.63, 3.8) is 0 Å². The second-order valence-electron chi connectivity index (χ2n) is 5.27. The third-order valence-corrected chi connectivity index (χ3v) is 3.74. The number of hydrogen-bond donors (Lipinski definition) is 2. The van der Waals surface area contributed by atoms with Gasteiger partial charge in [-0.3, -0.25) is 19.3 Å². The van der Waals surface area contributed by atoms with Gasteiger partial charge in [-0.15, -0.1) is 0 Å². The topological polar surface area (TPSA) is 86.7 Å². The largest absolute Gasteiger partial charge is 0.394 e. The first kappa shape index (κ1) is 16.2. The minimum atomic E-state index is -0.303. The normalized spacial score (nSPS) is 14.9. The zero-order chi connectivity index (χ0) is 16.1. The zero-order valence-electron chi connectivity index (χ0n) is 12.5. The van der Waals surface area contributed by atoms with Gasteiger partial charge in [0.25, 0.3) is 11.8 Å². The van der Waals surface area contributed by atoms with E-state index in [2.05, 4.69) is 5.32 Å². The molecule has 0 saturated heterocycles. The summed E-state index contributed by atoms with van der Waals surface area (Å²) in [6, 6.07) is 6.47. The van der Waals surface area contributed by atoms with E-state index in [1.54, 1.807) is 24.3 Å². The predicted molar refractivity (Wildman–Crippen MR) is 80.4 cm³/mol. The lowest BCUT2D eigenvalue weighted by molar-refractivity contribution is -0.122. The van der Waals surface area contributed by atoms with Crippen molar-refractivity contribution in [2.24, 2.45) is 0 Å². The highest BCUT2D eigenvalue weighted by Gasteiger charge is 2.34. The second-order valence-corrected chi connectivity index (χ2v) is 5.27. The number of carbonyl (C=O) groups excluding carboxylic acids is 3. The number of aliphatic hydroxyl groups excluding tert-OH is 1. The Hall–Kier alpha value is -2.21. The van der Waals surface area contributed by atoms with Gasteiger partial charge in [0.05, 0.1) is 23.8 Å². The van der Waals surface area contributed by atoms with E-state index in [9.17, 15) is 14.4 Å². The molecule has 1 heterocycles. The van der Waals surface area contributed by atoms with E-state index in [-0.39, 0.29) is 43.3 Å². The first-order valence-corrected chi connectivity index (χ1v) is 7.44. The summed E-state index contributed by atoms with van der Waals surface area (Å²) in [7, 11) is 0. The van der Waals surface area contributed by atoms with Gasteiger partial charge in [-0.2, -0.15) is 0 Å². The van der Waals surface area contributed by atoms with Gasteiger partial charge in [-0.25, -0.2) is 0 Å². The van der Waals surface area contributed by atoms with Crippen LogP contribution in [0.2, 0.25) is 0 Å². The summed E-state index contributed by atoms with van der Waals surface area (Å²) in [6.07, 6.45) is 1.27. The highest BCUT2D eigenvalue weighted by atomic mass is 16.3. The molecule has 0 aliphatic carbocycles. The standard InChI is InChI=1S/C16H20N2O4/c1-2-11(10-19)17-14(20)8-5-9-18-15(21)12-6-3-4-7-13(12)16(18)22/h3-4,6-7,11,19H,2,5,8-10H2,1H3,(H,17,20). The molecule has 0 saturated carbocycles. The number of fused-ring (bicyclic) bond motifs is 1. The quantitative estimate of drug-likeness (QED) is 0.734. The average molecular weight is 304 g/mol. The van der Waals surface area contributed by atoms with Gasteiger partial charge in [-0.1, -0.05) is 19.1 Å². The van der Waals surface area contributed by atoms with Crippen LogP contribution in [0.5, 0.6) is 0 Å². The van der Waals surface area contributed by atoms with Gasteiger partial charge in [0.1, 0.15) is 0 Å². The summed E-state index contributed by atoms with van der Waals surface area (Å²) in [4.78, 5) is 37.1. The number of nitrogens with zero attached hydrogens (tertiary/aromatic N) is 1. The van der Waals surface area contributed by atoms with Crippen molar-refractivity contribution in [2.45, 2.75) is 32.2 Å². The molecule has 1 atom stereocenters. The molecule has 1 aromatic carbocycles. The van der Waals surface area contributed by atoms with Crippen molar-refractivity contribution in [2.75, 3.05) is 13.2 Å². The second kappa shape index (κ2) is 7.17. The predicted octanol–water partition coefficient (Wildman–Crippen LogP) is 0.950. The molecule has 0 aromatic heterocycles. The van der Waals surface area contributed by atoms with Crippen molar-refractivity contribution in [3.05, 3.63) is 35.4 Å². The molecule has 1 aromatic rings. The summed E-state index contributed by atoms with van der Waals surface area (Å²) in [6.45, 7) is 2.00. The van der Waals surface area contributed by atoms with Crippen LogP contribution in [0.3, 0.4) is 0 Å². The summed E-state index contributed by atoms with van der Waals surface area (Å²) in [5, 5.41) is 11.7. The van der Waals surface area contributed by atoms with Crippen LogP contribution in [-0.2, 0) is 4.79 Å². The van der Waals surface area contributed by atoms with Crippen LogP contribution in [0.4, 0.5) is 0 Å². The van der Waals surface area contributed by atoms with Crippen molar-refractivity contribution in [1.29, 1.82) is 0 Å². The van der Waals surface area contributed by atoms with Gasteiger partial charge in [0.15, 0.2) is 0 Å². The molecule has 0 bridgehead atoms. The molecule has 118 valence electrons. The number of rotatable bonds is 7. The molecule has 22 heavy (non-hydrogen) atoms. The van der Waals surface area contributed by atoms with Crippen molar-refractivity contribution >= 4 is 17.7 Å². The van der Waals surface area contributed by atoms with Crippen LogP contribution < -0.4 is 5.32 Å². The Morgan fingerprint density at radius 1 is 1.23 bits per heavy atom. The van der Waals surface area contributed by atoms with E-state index in [1.807, 2.05) is 6.92 Å². The smallest absolute Gasteiger partial charge is 0.261 e. The molecule has 1 aliphatic rings. The van der Waals surface area contributed by atoms with E-state index in [0.29, 0.717) is 24.0 Å². The van der Waals surface area contributed by atoms with Crippen molar-refractivity contribution in [3.8, 4) is 0 Å². The molecule has 0 fully saturated rings. The van der Waals surface area contributed by atoms with Crippen molar-refractivity contribution in [1.82, 2.24) is 10.2 Å². The Morgan fingerprint density at radius 3 is 2.32 bits per heavy atom. The number of carbonyl (C=O) groups is 3. The molecular formula is C16H20N2O4. The molecule has 6 nitrogen and oxygen atoms in total. The van der Waals surface area contributed by atoms with Gasteiger partial charge in [-0.05, 0) is 25.0 Å². The molecule has 3 amide bonds. The lowest BCUT2D eigenvalue weighted by atomic mass is 10.1. The van der Waals surface area contributed by atoms with E-state index < -0.39 is 0 Å². The van der Waals surface area contributed by atoms with E-state index in [4.69, 9.17) is 5.11 Å². The van der Waals surface area contributed by atoms with Gasteiger partial charge >= 0.3 is 0 Å². The minimum absolute atomic E-state index is 0.0966. The Kier molecular flexibility index (Phi) is 5.27. The van der Waals surface area contributed by atoms with Crippen LogP contribution in [0.1, 0.15) is 46.9 Å². The van der Waals surface area contributed by atoms with Crippen LogP contribution in [0.25, 0.3) is 0 Å². The van der Waals surface area contributed by atoms with E-state index in [0.717, 1.165) is 0 Å². The van der Waals surface area contributed by atoms with Gasteiger partial charge < -0.3 is 10.4 Å². The average Bonchev–Trinajstić information content (AvgIpc) is 2.78. The van der Waals surface area contributed by atoms with E-state index in [1.165, 1.54) is 4.90 Å². The maximum atomic E-state index is 12.1. The van der Waals surface area contributed by atoms with Crippen LogP contribution in [0.15, 0.2) is 24.3 Å². The molecular weight excluding hydrogens is 284 g/mol. The SMILES string of the molecule is CCC(CO)NC(=O)CCCN1C(=O)c2ccccc2C1=O. The first-order valence-electron chi connectivity index (χ1n) is 7.44. The molecule has 2 N–H and O–H groups in total. The number of hydrogen-bond acceptors (Lipinski definition) is 4. The Balaban J connectivity index is 1.85. The summed E-state index contributed by atoms with van der Waals surface area (Å²) >= 11 is 0. The number of amides is 3. The van der Waals surface area contributed by atoms with Crippen LogP contribution >= 0.6 is 0 Å². The third kappa shape index (κ3) is 3.33. The zero-order valence-corrected chi connectivity index (χ0v) is 12.5. The highest BCUT2D eigenvalue weighted by molar-refractivity contribution is 6.21. The molecule has 1 unspecified atom stereocenters. The van der Waals surface area contributed by atoms with E-state index >= 15 is 0 Å². The van der Waals surface area contributed by atoms with Crippen LogP contribution in [-0.4, -0.2) is 46.9 Å². The Bertz CT molecular complexity index is 546. The fraction of sp³-hybridized carbons (Fsp3) is 0.438. The maximum absolute atomic E-state index is 12.1. The fourth-order valence-electron chi connectivity index (χ4n) is 2.42. The Morgan fingerprint density at radius 2 is 1.82 bits per heavy atom. The molecule has 0 radical (unpaired) electrons. The Labute approximate surface area is 129 Å². The summed E-state index contributed by atoms with van der Waals surface area (Å²) < 4.78 is 0. The maximum Gasteiger partial charge on any atom is 0.261 e. The van der Waals surface area contributed by atoms with Gasteiger partial charge in [0, 0.05) is 13.0 Å². The number of imide groups is 1. The molecule has 0 spiro atoms. The highest BCUT2D eigenvalue weighted by Crippen LogP contribution is 2.22. The molecule has 1 aliphatic heterocycles. The van der Waals surface area contributed by atoms with Crippen molar-refractivity contribution < 1.29 is 19.5 Å². The molecule has 2 rings (SSSR count). The number of benzene rings is 1. The lowest BCUT2D eigenvalue weighted by Crippen LogP contribution is -2.37. The van der Waals surface area contributed by atoms with Gasteiger partial charge in [0.2, 0.25) is 5.91 Å². The number of aliphatic hydroxyl groups is 1. The molecule has 6 heteroatoms. The monoisotopic (exact) mass is 304 g/mol.